The Bertz CT molecular complexity index is 347. The molecule has 0 radical (unpaired) electrons. The van der Waals surface area contributed by atoms with Gasteiger partial charge in [0.2, 0.25) is 0 Å². The van der Waals surface area contributed by atoms with Gasteiger partial charge in [0.1, 0.15) is 6.61 Å². The van der Waals surface area contributed by atoms with Crippen molar-refractivity contribution in [3.63, 3.8) is 0 Å². The third kappa shape index (κ3) is 29.2. The van der Waals surface area contributed by atoms with Crippen molar-refractivity contribution >= 4 is 0 Å². The lowest BCUT2D eigenvalue weighted by molar-refractivity contribution is -0.0254. The maximum absolute atomic E-state index is 5.43. The van der Waals surface area contributed by atoms with Crippen molar-refractivity contribution in [2.75, 3.05) is 126 Å². The van der Waals surface area contributed by atoms with E-state index in [-0.39, 0.29) is 0 Å². The van der Waals surface area contributed by atoms with Crippen LogP contribution in [0.15, 0.2) is 12.8 Å². The zero-order valence-electron chi connectivity index (χ0n) is 19.8. The van der Waals surface area contributed by atoms with Gasteiger partial charge in [0.05, 0.1) is 119 Å². The van der Waals surface area contributed by atoms with E-state index in [0.29, 0.717) is 126 Å². The smallest absolute Gasteiger partial charge is 0.111 e. The minimum absolute atomic E-state index is 0.508. The monoisotopic (exact) mass is 468 g/mol. The summed E-state index contributed by atoms with van der Waals surface area (Å²) in [6, 6.07) is 0. The lowest BCUT2D eigenvalue weighted by Crippen LogP contribution is -2.15. The molecule has 0 rings (SSSR count). The first-order chi connectivity index (χ1) is 15.9. The third-order valence-corrected chi connectivity index (χ3v) is 3.64. The van der Waals surface area contributed by atoms with Crippen molar-refractivity contribution < 1.29 is 47.4 Å². The molecule has 0 aliphatic carbocycles. The lowest BCUT2D eigenvalue weighted by Gasteiger charge is -2.08. The van der Waals surface area contributed by atoms with Crippen LogP contribution in [-0.4, -0.2) is 126 Å². The second kappa shape index (κ2) is 30.2. The summed E-state index contributed by atoms with van der Waals surface area (Å²) in [5.41, 5.74) is 0. The summed E-state index contributed by atoms with van der Waals surface area (Å²) in [7, 11) is 0. The van der Waals surface area contributed by atoms with E-state index >= 15 is 0 Å². The zero-order valence-corrected chi connectivity index (χ0v) is 19.8. The molecule has 0 amide bonds. The van der Waals surface area contributed by atoms with Crippen LogP contribution in [-0.2, 0) is 47.4 Å². The van der Waals surface area contributed by atoms with Crippen LogP contribution in [0.25, 0.3) is 0 Å². The van der Waals surface area contributed by atoms with Crippen molar-refractivity contribution in [1.29, 1.82) is 0 Å². The molecule has 0 aromatic heterocycles. The highest BCUT2D eigenvalue weighted by atomic mass is 16.6. The first-order valence-corrected chi connectivity index (χ1v) is 11.3. The molecule has 32 heavy (non-hydrogen) atoms. The molecule has 10 heteroatoms. The van der Waals surface area contributed by atoms with Gasteiger partial charge in [-0.2, -0.15) is 0 Å². The van der Waals surface area contributed by atoms with E-state index in [9.17, 15) is 0 Å². The van der Waals surface area contributed by atoms with Crippen molar-refractivity contribution in [1.82, 2.24) is 0 Å². The fourth-order valence-corrected chi connectivity index (χ4v) is 2.09. The summed E-state index contributed by atoms with van der Waals surface area (Å²) in [5, 5.41) is 0. The van der Waals surface area contributed by atoms with Crippen molar-refractivity contribution in [3.05, 3.63) is 12.8 Å². The van der Waals surface area contributed by atoms with Gasteiger partial charge in [0, 0.05) is 6.61 Å². The molecule has 0 saturated heterocycles. The number of hydrogen-bond donors (Lipinski definition) is 0. The molecule has 0 saturated carbocycles. The minimum atomic E-state index is 0.508. The second-order valence-electron chi connectivity index (χ2n) is 6.13. The van der Waals surface area contributed by atoms with Crippen molar-refractivity contribution in [3.8, 4) is 0 Å². The largest absolute Gasteiger partial charge is 0.499 e. The van der Waals surface area contributed by atoms with E-state index in [0.717, 1.165) is 0 Å². The normalized spacial score (nSPS) is 11.2. The van der Waals surface area contributed by atoms with Crippen LogP contribution in [0.5, 0.6) is 0 Å². The van der Waals surface area contributed by atoms with Gasteiger partial charge in [-0.1, -0.05) is 6.58 Å². The van der Waals surface area contributed by atoms with Gasteiger partial charge < -0.3 is 47.4 Å². The Morgan fingerprint density at radius 1 is 0.375 bits per heavy atom. The fourth-order valence-electron chi connectivity index (χ4n) is 2.09. The summed E-state index contributed by atoms with van der Waals surface area (Å²) >= 11 is 0. The molecule has 0 aliphatic heterocycles. The minimum Gasteiger partial charge on any atom is -0.499 e. The molecule has 0 aromatic carbocycles. The molecule has 0 heterocycles. The molecule has 0 N–H and O–H groups in total. The fraction of sp³-hybridized carbons (Fsp3) is 0.909. The molecule has 0 unspecified atom stereocenters. The average Bonchev–Trinajstić information content (AvgIpc) is 2.81. The highest BCUT2D eigenvalue weighted by molar-refractivity contribution is 4.47. The highest BCUT2D eigenvalue weighted by Gasteiger charge is 1.95. The Morgan fingerprint density at radius 3 is 0.812 bits per heavy atom. The van der Waals surface area contributed by atoms with Crippen LogP contribution in [0.4, 0.5) is 0 Å². The Morgan fingerprint density at radius 2 is 0.594 bits per heavy atom. The Hall–Kier alpha value is -0.820. The standard InChI is InChI=1S/C22H44O10/c1-3-23-5-7-25-9-11-27-13-15-29-17-19-31-21-22-32-20-18-30-16-14-28-12-10-26-8-6-24-4-2/h3H,1,4-22H2,2H3. The summed E-state index contributed by atoms with van der Waals surface area (Å²) in [4.78, 5) is 0. The summed E-state index contributed by atoms with van der Waals surface area (Å²) in [5.74, 6) is 0. The van der Waals surface area contributed by atoms with Gasteiger partial charge in [0.25, 0.3) is 0 Å². The molecule has 0 spiro atoms. The summed E-state index contributed by atoms with van der Waals surface area (Å²) in [6.45, 7) is 15.9. The predicted octanol–water partition coefficient (Wildman–Crippen LogP) is 1.32. The van der Waals surface area contributed by atoms with Gasteiger partial charge in [0.15, 0.2) is 0 Å². The molecule has 0 bridgehead atoms. The van der Waals surface area contributed by atoms with E-state index < -0.39 is 0 Å². The molecule has 0 aromatic rings. The second-order valence-corrected chi connectivity index (χ2v) is 6.13. The highest BCUT2D eigenvalue weighted by Crippen LogP contribution is 1.86. The molecular weight excluding hydrogens is 424 g/mol. The van der Waals surface area contributed by atoms with Crippen molar-refractivity contribution in [2.24, 2.45) is 0 Å². The van der Waals surface area contributed by atoms with Gasteiger partial charge in [-0.05, 0) is 6.92 Å². The Balaban J connectivity index is 2.99. The van der Waals surface area contributed by atoms with Crippen LogP contribution in [0.1, 0.15) is 6.92 Å². The predicted molar refractivity (Wildman–Crippen MR) is 119 cm³/mol. The first-order valence-electron chi connectivity index (χ1n) is 11.3. The molecule has 192 valence electrons. The van der Waals surface area contributed by atoms with Gasteiger partial charge >= 0.3 is 0 Å². The Kier molecular flexibility index (Phi) is 29.4. The summed E-state index contributed by atoms with van der Waals surface area (Å²) < 4.78 is 53.2. The zero-order chi connectivity index (χ0) is 23.2. The molecule has 0 aliphatic rings. The number of rotatable bonds is 29. The topological polar surface area (TPSA) is 92.3 Å². The third-order valence-electron chi connectivity index (χ3n) is 3.64. The molecule has 0 atom stereocenters. The summed E-state index contributed by atoms with van der Waals surface area (Å²) in [6.07, 6.45) is 1.40. The van der Waals surface area contributed by atoms with E-state index in [1.54, 1.807) is 0 Å². The van der Waals surface area contributed by atoms with Crippen LogP contribution in [0, 0.1) is 0 Å². The van der Waals surface area contributed by atoms with Gasteiger partial charge in [-0.25, -0.2) is 0 Å². The maximum Gasteiger partial charge on any atom is 0.111 e. The van der Waals surface area contributed by atoms with Crippen LogP contribution < -0.4 is 0 Å². The first kappa shape index (κ1) is 31.2. The maximum atomic E-state index is 5.43. The van der Waals surface area contributed by atoms with Crippen LogP contribution >= 0.6 is 0 Å². The quantitative estimate of drug-likeness (QED) is 0.118. The van der Waals surface area contributed by atoms with Gasteiger partial charge in [-0.15, -0.1) is 0 Å². The number of hydrogen-bond acceptors (Lipinski definition) is 10. The SMILES string of the molecule is C=COCCOCCOCCOCCOCCOCCOCCOCCOCCOCC. The van der Waals surface area contributed by atoms with E-state index in [4.69, 9.17) is 47.4 Å². The molecular formula is C22H44O10. The molecule has 0 fully saturated rings. The van der Waals surface area contributed by atoms with Crippen LogP contribution in [0.3, 0.4) is 0 Å². The van der Waals surface area contributed by atoms with Crippen molar-refractivity contribution in [2.45, 2.75) is 6.92 Å². The lowest BCUT2D eigenvalue weighted by atomic mass is 10.6. The average molecular weight is 469 g/mol. The van der Waals surface area contributed by atoms with E-state index in [1.165, 1.54) is 6.26 Å². The van der Waals surface area contributed by atoms with Gasteiger partial charge in [-0.3, -0.25) is 0 Å². The van der Waals surface area contributed by atoms with Crippen LogP contribution in [0.2, 0.25) is 0 Å². The van der Waals surface area contributed by atoms with E-state index in [2.05, 4.69) is 6.58 Å². The van der Waals surface area contributed by atoms with E-state index in [1.807, 2.05) is 6.92 Å². The Labute approximate surface area is 193 Å². The number of ether oxygens (including phenoxy) is 10. The molecule has 10 nitrogen and oxygen atoms in total.